The van der Waals surface area contributed by atoms with Gasteiger partial charge in [-0.3, -0.25) is 19.6 Å². The van der Waals surface area contributed by atoms with Crippen molar-refractivity contribution in [2.24, 2.45) is 0 Å². The van der Waals surface area contributed by atoms with Gasteiger partial charge in [-0.05, 0) is 67.6 Å². The monoisotopic (exact) mass is 649 g/mol. The fraction of sp³-hybridized carbons (Fsp3) is 0.294. The van der Waals surface area contributed by atoms with E-state index < -0.39 is 12.7 Å². The highest BCUT2D eigenvalue weighted by Crippen LogP contribution is 2.39. The van der Waals surface area contributed by atoms with E-state index in [1.165, 1.54) is 6.07 Å². The lowest BCUT2D eigenvalue weighted by Gasteiger charge is -2.17. The first-order valence-corrected chi connectivity index (χ1v) is 15.2. The first kappa shape index (κ1) is 32.9. The van der Waals surface area contributed by atoms with Crippen molar-refractivity contribution in [1.29, 1.82) is 0 Å². The van der Waals surface area contributed by atoms with Crippen LogP contribution in [0.3, 0.4) is 0 Å². The number of nitrogens with one attached hydrogen (secondary N) is 3. The number of alkyl halides is 2. The number of nitrogens with zero attached hydrogens (tertiary/aromatic N) is 2. The lowest BCUT2D eigenvalue weighted by molar-refractivity contribution is -0.119. The molecule has 2 aromatic heterocycles. The van der Waals surface area contributed by atoms with Crippen LogP contribution >= 0.6 is 11.6 Å². The molecule has 2 atom stereocenters. The van der Waals surface area contributed by atoms with Crippen molar-refractivity contribution in [3.05, 3.63) is 94.4 Å². The van der Waals surface area contributed by atoms with Crippen LogP contribution in [0, 0.1) is 6.92 Å². The minimum atomic E-state index is -3.03. The number of pyridine rings is 2. The van der Waals surface area contributed by atoms with Crippen LogP contribution in [0.2, 0.25) is 5.02 Å². The summed E-state index contributed by atoms with van der Waals surface area (Å²) in [6, 6.07) is 15.5. The van der Waals surface area contributed by atoms with E-state index in [9.17, 15) is 23.5 Å². The highest BCUT2D eigenvalue weighted by Gasteiger charge is 2.21. The molecule has 4 aromatic rings. The average molecular weight is 650 g/mol. The van der Waals surface area contributed by atoms with Gasteiger partial charge in [0, 0.05) is 60.3 Å². The number of hydrogen-bond acceptors (Lipinski definition) is 7. The summed E-state index contributed by atoms with van der Waals surface area (Å²) >= 11 is 6.91. The fourth-order valence-corrected chi connectivity index (χ4v) is 5.71. The van der Waals surface area contributed by atoms with Gasteiger partial charge in [-0.15, -0.1) is 0 Å². The summed E-state index contributed by atoms with van der Waals surface area (Å²) in [5.74, 6) is -0.393. The Balaban J connectivity index is 1.37. The molecule has 0 bridgehead atoms. The van der Waals surface area contributed by atoms with Crippen molar-refractivity contribution in [3.63, 3.8) is 0 Å². The summed E-state index contributed by atoms with van der Waals surface area (Å²) in [7, 11) is 0. The number of aliphatic hydroxyl groups excluding tert-OH is 1. The molecule has 0 unspecified atom stereocenters. The molecule has 0 spiro atoms. The minimum absolute atomic E-state index is 0.00289. The molecule has 0 saturated carbocycles. The first-order valence-electron chi connectivity index (χ1n) is 14.9. The molecular weight excluding hydrogens is 616 g/mol. The van der Waals surface area contributed by atoms with Crippen LogP contribution in [0.1, 0.15) is 46.9 Å². The van der Waals surface area contributed by atoms with Gasteiger partial charge in [0.15, 0.2) is 0 Å². The Hall–Kier alpha value is -4.45. The zero-order chi connectivity index (χ0) is 32.8. The second-order valence-electron chi connectivity index (χ2n) is 11.2. The van der Waals surface area contributed by atoms with Gasteiger partial charge in [0.05, 0.1) is 16.8 Å². The Bertz CT molecular complexity index is 1720. The number of carbonyl (C=O) groups excluding carboxylic acids is 2. The predicted molar refractivity (Wildman–Crippen MR) is 172 cm³/mol. The molecule has 1 aliphatic rings. The van der Waals surface area contributed by atoms with E-state index in [-0.39, 0.29) is 35.8 Å². The third-order valence-electron chi connectivity index (χ3n) is 7.70. The quantitative estimate of drug-likeness (QED) is 0.150. The van der Waals surface area contributed by atoms with Crippen LogP contribution in [-0.2, 0) is 17.8 Å². The maximum Gasteiger partial charge on any atom is 0.387 e. The van der Waals surface area contributed by atoms with Crippen molar-refractivity contribution < 1.29 is 28.2 Å². The van der Waals surface area contributed by atoms with Crippen LogP contribution in [0.5, 0.6) is 5.75 Å². The summed E-state index contributed by atoms with van der Waals surface area (Å²) in [4.78, 5) is 33.1. The molecule has 46 heavy (non-hydrogen) atoms. The predicted octanol–water partition coefficient (Wildman–Crippen LogP) is 5.92. The molecule has 240 valence electrons. The van der Waals surface area contributed by atoms with E-state index >= 15 is 0 Å². The summed E-state index contributed by atoms with van der Waals surface area (Å²) in [6.07, 6.45) is 4.27. The average Bonchev–Trinajstić information content (AvgIpc) is 3.43. The zero-order valence-electron chi connectivity index (χ0n) is 25.3. The van der Waals surface area contributed by atoms with E-state index in [0.717, 1.165) is 23.1 Å². The summed E-state index contributed by atoms with van der Waals surface area (Å²) in [6.45, 7) is 1.27. The highest BCUT2D eigenvalue weighted by atomic mass is 35.5. The topological polar surface area (TPSA) is 125 Å². The van der Waals surface area contributed by atoms with Gasteiger partial charge in [0.25, 0.3) is 5.91 Å². The molecule has 4 N–H and O–H groups in total. The van der Waals surface area contributed by atoms with Gasteiger partial charge in [0.2, 0.25) is 5.91 Å². The van der Waals surface area contributed by atoms with Crippen LogP contribution in [0.15, 0.2) is 67.0 Å². The largest absolute Gasteiger partial charge is 0.434 e. The molecule has 12 heteroatoms. The van der Waals surface area contributed by atoms with Crippen molar-refractivity contribution in [2.75, 3.05) is 11.9 Å². The Labute approximate surface area is 270 Å². The molecule has 0 aliphatic carbocycles. The third-order valence-corrected chi connectivity index (χ3v) is 8.08. The Morgan fingerprint density at radius 3 is 2.67 bits per heavy atom. The van der Waals surface area contributed by atoms with Gasteiger partial charge in [-0.1, -0.05) is 41.9 Å². The molecule has 1 aliphatic heterocycles. The Morgan fingerprint density at radius 1 is 1.15 bits per heavy atom. The van der Waals surface area contributed by atoms with Gasteiger partial charge < -0.3 is 25.8 Å². The first-order chi connectivity index (χ1) is 22.1. The lowest BCUT2D eigenvalue weighted by atomic mass is 9.97. The number of aromatic nitrogens is 2. The van der Waals surface area contributed by atoms with Gasteiger partial charge >= 0.3 is 6.61 Å². The van der Waals surface area contributed by atoms with Crippen LogP contribution in [0.25, 0.3) is 22.4 Å². The van der Waals surface area contributed by atoms with E-state index in [1.54, 1.807) is 61.8 Å². The maximum atomic E-state index is 13.4. The third kappa shape index (κ3) is 8.03. The van der Waals surface area contributed by atoms with Gasteiger partial charge in [-0.25, -0.2) is 0 Å². The molecule has 1 saturated heterocycles. The second kappa shape index (κ2) is 14.8. The van der Waals surface area contributed by atoms with Crippen LogP contribution in [-0.4, -0.2) is 52.2 Å². The van der Waals surface area contributed by atoms with Gasteiger partial charge in [-0.2, -0.15) is 8.78 Å². The molecule has 0 radical (unpaired) electrons. The molecule has 5 rings (SSSR count). The summed E-state index contributed by atoms with van der Waals surface area (Å²) in [5, 5.41) is 18.9. The number of aliphatic hydroxyl groups is 1. The van der Waals surface area contributed by atoms with Crippen molar-refractivity contribution in [1.82, 2.24) is 20.6 Å². The van der Waals surface area contributed by atoms with E-state index in [0.29, 0.717) is 52.5 Å². The summed E-state index contributed by atoms with van der Waals surface area (Å²) < 4.78 is 31.6. The van der Waals surface area contributed by atoms with E-state index in [4.69, 9.17) is 16.3 Å². The van der Waals surface area contributed by atoms with Crippen molar-refractivity contribution in [2.45, 2.75) is 58.4 Å². The Kier molecular flexibility index (Phi) is 10.6. The van der Waals surface area contributed by atoms with Crippen LogP contribution < -0.4 is 20.7 Å². The van der Waals surface area contributed by atoms with Crippen molar-refractivity contribution >= 4 is 29.1 Å². The number of benzene rings is 2. The highest BCUT2D eigenvalue weighted by molar-refractivity contribution is 6.35. The van der Waals surface area contributed by atoms with Crippen molar-refractivity contribution in [3.8, 4) is 28.1 Å². The number of carbonyl (C=O) groups is 2. The lowest BCUT2D eigenvalue weighted by Crippen LogP contribution is -2.35. The molecule has 1 fully saturated rings. The molecule has 2 aromatic carbocycles. The number of hydrogen-bond donors (Lipinski definition) is 4. The molecule has 2 amide bonds. The van der Waals surface area contributed by atoms with Crippen LogP contribution in [0.4, 0.5) is 14.5 Å². The normalized spacial score (nSPS) is 15.1. The Morgan fingerprint density at radius 2 is 1.98 bits per heavy atom. The summed E-state index contributed by atoms with van der Waals surface area (Å²) in [5.41, 5.74) is 5.14. The molecule has 9 nitrogen and oxygen atoms in total. The maximum absolute atomic E-state index is 13.4. The number of halogens is 3. The number of rotatable bonds is 12. The molecule has 3 heterocycles. The number of ether oxygens (including phenoxy) is 1. The van der Waals surface area contributed by atoms with Gasteiger partial charge in [0.1, 0.15) is 11.4 Å². The molecular formula is C34H34ClF2N5O4. The standard InChI is InChI=1S/C34H34ClF2N5O4/c1-19(43)14-21-6-10-28(40-16-21)33(45)42-27-5-3-4-25(20(27)2)26-12-13-39-32(31(26)35)22-7-8-23(29(15-22)46-34(36)37)17-38-18-24-9-11-30(44)41-24/h3-8,10,12-13,15-16,19,24,34,38,43H,9,11,14,17-18H2,1-2H3,(H,41,44)(H,42,45)/t19-,24-/m0/s1. The second-order valence-corrected chi connectivity index (χ2v) is 11.6. The van der Waals surface area contributed by atoms with E-state index in [1.807, 2.05) is 13.0 Å². The fourth-order valence-electron chi connectivity index (χ4n) is 5.39. The van der Waals surface area contributed by atoms with E-state index in [2.05, 4.69) is 25.9 Å². The number of amides is 2. The number of anilines is 1. The SMILES string of the molecule is Cc1c(NC(=O)c2ccc(C[C@H](C)O)cn2)cccc1-c1ccnc(-c2ccc(CNC[C@@H]3CCC(=O)N3)c(OC(F)F)c2)c1Cl. The minimum Gasteiger partial charge on any atom is -0.434 e. The smallest absolute Gasteiger partial charge is 0.387 e. The zero-order valence-corrected chi connectivity index (χ0v) is 26.1.